The highest BCUT2D eigenvalue weighted by atomic mass is 35.5. The molecule has 7 nitrogen and oxygen atoms in total. The lowest BCUT2D eigenvalue weighted by molar-refractivity contribution is 0.306. The Labute approximate surface area is 148 Å². The normalized spacial score (nSPS) is 10.8. The second kappa shape index (κ2) is 8.07. The smallest absolute Gasteiger partial charge is 0.271 e. The first-order chi connectivity index (χ1) is 12.2. The van der Waals surface area contributed by atoms with Crippen molar-refractivity contribution in [3.63, 3.8) is 0 Å². The molecule has 2 aromatic carbocycles. The summed E-state index contributed by atoms with van der Waals surface area (Å²) in [6, 6.07) is 14.9. The van der Waals surface area contributed by atoms with Crippen molar-refractivity contribution in [2.75, 3.05) is 5.43 Å². The summed E-state index contributed by atoms with van der Waals surface area (Å²) in [4.78, 5) is 13.5. The molecule has 0 radical (unpaired) electrons. The number of aromatic amines is 1. The number of halogens is 1. The van der Waals surface area contributed by atoms with Crippen molar-refractivity contribution in [3.8, 4) is 5.75 Å². The molecule has 0 atom stereocenters. The molecule has 0 amide bonds. The van der Waals surface area contributed by atoms with Gasteiger partial charge in [0.25, 0.3) is 5.56 Å². The number of rotatable bonds is 6. The third-order valence-electron chi connectivity index (χ3n) is 3.13. The molecule has 3 aromatic rings. The number of benzene rings is 2. The van der Waals surface area contributed by atoms with Crippen LogP contribution in [-0.2, 0) is 6.61 Å². The zero-order valence-electron chi connectivity index (χ0n) is 13.0. The highest BCUT2D eigenvalue weighted by molar-refractivity contribution is 6.30. The van der Waals surface area contributed by atoms with Gasteiger partial charge in [0.2, 0.25) is 5.95 Å². The molecule has 1 aromatic heterocycles. The van der Waals surface area contributed by atoms with Gasteiger partial charge in [-0.25, -0.2) is 5.43 Å². The van der Waals surface area contributed by atoms with Crippen LogP contribution >= 0.6 is 11.6 Å². The predicted molar refractivity (Wildman–Crippen MR) is 96.1 cm³/mol. The van der Waals surface area contributed by atoms with Crippen molar-refractivity contribution < 1.29 is 4.74 Å². The molecule has 0 aliphatic heterocycles. The summed E-state index contributed by atoms with van der Waals surface area (Å²) >= 11 is 5.94. The van der Waals surface area contributed by atoms with E-state index in [4.69, 9.17) is 16.3 Å². The van der Waals surface area contributed by atoms with Gasteiger partial charge in [0.15, 0.2) is 0 Å². The van der Waals surface area contributed by atoms with Crippen LogP contribution in [0.5, 0.6) is 5.75 Å². The lowest BCUT2D eigenvalue weighted by Gasteiger charge is -2.06. The van der Waals surface area contributed by atoms with E-state index >= 15 is 0 Å². The van der Waals surface area contributed by atoms with E-state index < -0.39 is 0 Å². The lowest BCUT2D eigenvalue weighted by atomic mass is 10.2. The van der Waals surface area contributed by atoms with Crippen LogP contribution in [0.25, 0.3) is 0 Å². The molecule has 0 aliphatic rings. The summed E-state index contributed by atoms with van der Waals surface area (Å²) in [5.74, 6) is 0.911. The molecule has 0 unspecified atom stereocenters. The van der Waals surface area contributed by atoms with Crippen LogP contribution in [-0.4, -0.2) is 21.4 Å². The first-order valence-corrected chi connectivity index (χ1v) is 7.75. The zero-order valence-corrected chi connectivity index (χ0v) is 13.8. The molecule has 25 heavy (non-hydrogen) atoms. The molecule has 126 valence electrons. The molecular formula is C17H14ClN5O2. The number of hydrazone groups is 1. The number of H-pyrrole nitrogens is 1. The van der Waals surface area contributed by atoms with Gasteiger partial charge in [-0.3, -0.25) is 9.78 Å². The first-order valence-electron chi connectivity index (χ1n) is 7.37. The van der Waals surface area contributed by atoms with E-state index in [0.29, 0.717) is 11.6 Å². The number of aromatic nitrogens is 3. The minimum Gasteiger partial charge on any atom is -0.489 e. The Balaban J connectivity index is 1.54. The Kier molecular flexibility index (Phi) is 5.38. The lowest BCUT2D eigenvalue weighted by Crippen LogP contribution is -2.10. The van der Waals surface area contributed by atoms with Crippen LogP contribution in [0.2, 0.25) is 5.02 Å². The first kappa shape index (κ1) is 16.7. The largest absolute Gasteiger partial charge is 0.489 e. The third-order valence-corrected chi connectivity index (χ3v) is 3.37. The minimum absolute atomic E-state index is 0.172. The molecule has 8 heteroatoms. The Bertz CT molecular complexity index is 925. The molecule has 3 rings (SSSR count). The fourth-order valence-corrected chi connectivity index (χ4v) is 2.19. The average Bonchev–Trinajstić information content (AvgIpc) is 2.61. The van der Waals surface area contributed by atoms with E-state index in [-0.39, 0.29) is 11.5 Å². The van der Waals surface area contributed by atoms with Gasteiger partial charge in [-0.15, -0.1) is 10.2 Å². The molecule has 0 bridgehead atoms. The van der Waals surface area contributed by atoms with E-state index in [9.17, 15) is 4.79 Å². The number of nitrogens with one attached hydrogen (secondary N) is 2. The van der Waals surface area contributed by atoms with Gasteiger partial charge >= 0.3 is 0 Å². The van der Waals surface area contributed by atoms with Crippen LogP contribution in [0.4, 0.5) is 5.95 Å². The van der Waals surface area contributed by atoms with E-state index in [2.05, 4.69) is 25.7 Å². The summed E-state index contributed by atoms with van der Waals surface area (Å²) in [6.45, 7) is 0.440. The maximum absolute atomic E-state index is 11.1. The van der Waals surface area contributed by atoms with Gasteiger partial charge in [-0.2, -0.15) is 5.10 Å². The highest BCUT2D eigenvalue weighted by Gasteiger charge is 1.98. The highest BCUT2D eigenvalue weighted by Crippen LogP contribution is 2.15. The van der Waals surface area contributed by atoms with E-state index in [1.54, 1.807) is 6.21 Å². The average molecular weight is 356 g/mol. The molecule has 0 spiro atoms. The summed E-state index contributed by atoms with van der Waals surface area (Å²) in [5.41, 5.74) is 4.10. The minimum atomic E-state index is -0.353. The van der Waals surface area contributed by atoms with Gasteiger partial charge in [-0.05, 0) is 47.5 Å². The molecule has 0 fully saturated rings. The van der Waals surface area contributed by atoms with E-state index in [1.807, 2.05) is 48.5 Å². The van der Waals surface area contributed by atoms with Crippen LogP contribution in [0, 0.1) is 0 Å². The maximum atomic E-state index is 11.1. The van der Waals surface area contributed by atoms with Crippen molar-refractivity contribution in [2.45, 2.75) is 6.61 Å². The zero-order chi connectivity index (χ0) is 17.5. The van der Waals surface area contributed by atoms with Crippen LogP contribution in [0.3, 0.4) is 0 Å². The fraction of sp³-hybridized carbons (Fsp3) is 0.0588. The fourth-order valence-electron chi connectivity index (χ4n) is 1.97. The van der Waals surface area contributed by atoms with Crippen molar-refractivity contribution in [3.05, 3.63) is 81.2 Å². The topological polar surface area (TPSA) is 92.3 Å². The molecule has 0 saturated carbocycles. The SMILES string of the molecule is O=c1cnnc(N/N=C/c2ccc(OCc3cccc(Cl)c3)cc2)[nH]1. The van der Waals surface area contributed by atoms with Crippen LogP contribution in [0.15, 0.2) is 64.6 Å². The Morgan fingerprint density at radius 3 is 2.84 bits per heavy atom. The van der Waals surface area contributed by atoms with Crippen molar-refractivity contribution in [1.82, 2.24) is 15.2 Å². The number of ether oxygens (including phenoxy) is 1. The Morgan fingerprint density at radius 2 is 2.08 bits per heavy atom. The number of hydrogen-bond donors (Lipinski definition) is 2. The predicted octanol–water partition coefficient (Wildman–Crippen LogP) is 2.84. The Hall–Kier alpha value is -3.19. The van der Waals surface area contributed by atoms with Crippen molar-refractivity contribution in [2.24, 2.45) is 5.10 Å². The van der Waals surface area contributed by atoms with Gasteiger partial charge < -0.3 is 4.74 Å². The van der Waals surface area contributed by atoms with Crippen LogP contribution < -0.4 is 15.7 Å². The summed E-state index contributed by atoms with van der Waals surface area (Å²) in [6.07, 6.45) is 2.67. The molecule has 0 saturated heterocycles. The van der Waals surface area contributed by atoms with Gasteiger partial charge in [0.1, 0.15) is 18.6 Å². The monoisotopic (exact) mass is 355 g/mol. The van der Waals surface area contributed by atoms with Gasteiger partial charge in [-0.1, -0.05) is 23.7 Å². The van der Waals surface area contributed by atoms with E-state index in [0.717, 1.165) is 23.1 Å². The summed E-state index contributed by atoms with van der Waals surface area (Å²) < 4.78 is 5.71. The van der Waals surface area contributed by atoms with Gasteiger partial charge in [0.05, 0.1) is 6.21 Å². The molecule has 1 heterocycles. The third kappa shape index (κ3) is 5.15. The summed E-state index contributed by atoms with van der Waals surface area (Å²) in [5, 5.41) is 11.9. The number of hydrogen-bond acceptors (Lipinski definition) is 6. The van der Waals surface area contributed by atoms with Crippen LogP contribution in [0.1, 0.15) is 11.1 Å². The number of anilines is 1. The Morgan fingerprint density at radius 1 is 1.24 bits per heavy atom. The second-order valence-corrected chi connectivity index (χ2v) is 5.48. The maximum Gasteiger partial charge on any atom is 0.271 e. The quantitative estimate of drug-likeness (QED) is 0.524. The van der Waals surface area contributed by atoms with Gasteiger partial charge in [0, 0.05) is 5.02 Å². The molecule has 0 aliphatic carbocycles. The molecular weight excluding hydrogens is 342 g/mol. The second-order valence-electron chi connectivity index (χ2n) is 5.04. The number of nitrogens with zero attached hydrogens (tertiary/aromatic N) is 3. The standard InChI is InChI=1S/C17H14ClN5O2/c18-14-3-1-2-13(8-14)11-25-15-6-4-12(5-7-15)9-19-22-17-21-16(24)10-20-23-17/h1-10H,11H2,(H2,21,22,23,24)/b19-9+. The van der Waals surface area contributed by atoms with Crippen molar-refractivity contribution in [1.29, 1.82) is 0 Å². The van der Waals surface area contributed by atoms with E-state index in [1.165, 1.54) is 0 Å². The molecule has 2 N–H and O–H groups in total. The summed E-state index contributed by atoms with van der Waals surface area (Å²) in [7, 11) is 0. The van der Waals surface area contributed by atoms with Crippen molar-refractivity contribution >= 4 is 23.8 Å².